The fourth-order valence-electron chi connectivity index (χ4n) is 2.41. The maximum absolute atomic E-state index is 13.5. The van der Waals surface area contributed by atoms with Crippen LogP contribution >= 0.6 is 0 Å². The minimum Gasteiger partial charge on any atom is -0.452 e. The van der Waals surface area contributed by atoms with Crippen LogP contribution in [0.1, 0.15) is 36.2 Å². The van der Waals surface area contributed by atoms with Crippen molar-refractivity contribution < 1.29 is 23.5 Å². The Bertz CT molecular complexity index is 855. The predicted molar refractivity (Wildman–Crippen MR) is 103 cm³/mol. The summed E-state index contributed by atoms with van der Waals surface area (Å²) < 4.78 is 18.6. The molecular weight excluding hydrogens is 363 g/mol. The third kappa shape index (κ3) is 6.19. The van der Waals surface area contributed by atoms with Gasteiger partial charge in [-0.25, -0.2) is 4.39 Å². The number of hydrogen-bond donors (Lipinski definition) is 2. The predicted octanol–water partition coefficient (Wildman–Crippen LogP) is 3.21. The fraction of sp³-hybridized carbons (Fsp3) is 0.286. The average molecular weight is 386 g/mol. The number of rotatable bonds is 7. The van der Waals surface area contributed by atoms with E-state index in [1.54, 1.807) is 56.3 Å². The number of hydrogen-bond acceptors (Lipinski definition) is 4. The van der Waals surface area contributed by atoms with Gasteiger partial charge >= 0.3 is 5.97 Å². The van der Waals surface area contributed by atoms with Gasteiger partial charge in [-0.3, -0.25) is 14.4 Å². The third-order valence-electron chi connectivity index (χ3n) is 4.00. The minimum absolute atomic E-state index is 0.0879. The quantitative estimate of drug-likeness (QED) is 0.716. The van der Waals surface area contributed by atoms with Crippen molar-refractivity contribution in [1.82, 2.24) is 5.32 Å². The van der Waals surface area contributed by atoms with Gasteiger partial charge in [0.25, 0.3) is 11.8 Å². The molecule has 0 aliphatic heterocycles. The molecule has 2 aromatic rings. The zero-order valence-electron chi connectivity index (χ0n) is 16.0. The van der Waals surface area contributed by atoms with Crippen molar-refractivity contribution in [1.29, 1.82) is 0 Å². The molecule has 7 heteroatoms. The summed E-state index contributed by atoms with van der Waals surface area (Å²) in [5.74, 6) is -1.94. The molecule has 2 N–H and O–H groups in total. The highest BCUT2D eigenvalue weighted by molar-refractivity contribution is 5.95. The van der Waals surface area contributed by atoms with Gasteiger partial charge in [0, 0.05) is 17.3 Å². The average Bonchev–Trinajstić information content (AvgIpc) is 2.65. The van der Waals surface area contributed by atoms with Crippen LogP contribution in [0, 0.1) is 12.7 Å². The molecule has 0 aliphatic rings. The maximum atomic E-state index is 13.5. The Labute approximate surface area is 163 Å². The lowest BCUT2D eigenvalue weighted by Gasteiger charge is -2.17. The van der Waals surface area contributed by atoms with Crippen LogP contribution < -0.4 is 10.6 Å². The van der Waals surface area contributed by atoms with Gasteiger partial charge in [-0.15, -0.1) is 0 Å². The van der Waals surface area contributed by atoms with Gasteiger partial charge in [-0.05, 0) is 50.6 Å². The van der Waals surface area contributed by atoms with E-state index >= 15 is 0 Å². The molecule has 2 aromatic carbocycles. The summed E-state index contributed by atoms with van der Waals surface area (Å²) in [4.78, 5) is 36.2. The van der Waals surface area contributed by atoms with E-state index in [9.17, 15) is 18.8 Å². The second-order valence-corrected chi connectivity index (χ2v) is 6.53. The van der Waals surface area contributed by atoms with E-state index < -0.39 is 29.8 Å². The van der Waals surface area contributed by atoms with Crippen LogP contribution in [-0.2, 0) is 14.3 Å². The zero-order valence-corrected chi connectivity index (χ0v) is 16.0. The maximum Gasteiger partial charge on any atom is 0.308 e. The molecule has 0 aromatic heterocycles. The molecule has 28 heavy (non-hydrogen) atoms. The molecule has 2 amide bonds. The van der Waals surface area contributed by atoms with Gasteiger partial charge in [0.1, 0.15) is 5.82 Å². The molecule has 0 saturated heterocycles. The van der Waals surface area contributed by atoms with Crippen LogP contribution in [0.2, 0.25) is 0 Å². The Morgan fingerprint density at radius 1 is 1.07 bits per heavy atom. The summed E-state index contributed by atoms with van der Waals surface area (Å²) in [5, 5.41) is 5.20. The molecule has 0 radical (unpaired) electrons. The summed E-state index contributed by atoms with van der Waals surface area (Å²) in [6.45, 7) is 4.70. The Morgan fingerprint density at radius 2 is 1.75 bits per heavy atom. The lowest BCUT2D eigenvalue weighted by Crippen LogP contribution is -2.36. The number of esters is 1. The van der Waals surface area contributed by atoms with Crippen molar-refractivity contribution in [2.45, 2.75) is 39.3 Å². The second kappa shape index (κ2) is 9.64. The summed E-state index contributed by atoms with van der Waals surface area (Å²) in [7, 11) is 0. The Balaban J connectivity index is 1.81. The van der Waals surface area contributed by atoms with Crippen LogP contribution in [0.3, 0.4) is 0 Å². The monoisotopic (exact) mass is 386 g/mol. The molecule has 2 rings (SSSR count). The molecular formula is C21H23FN2O4. The molecule has 0 fully saturated rings. The van der Waals surface area contributed by atoms with Crippen LogP contribution in [0.5, 0.6) is 0 Å². The number of aryl methyl sites for hydroxylation is 1. The van der Waals surface area contributed by atoms with E-state index in [2.05, 4.69) is 10.6 Å². The Kier molecular flexibility index (Phi) is 7.26. The van der Waals surface area contributed by atoms with E-state index in [0.717, 1.165) is 0 Å². The first-order valence-electron chi connectivity index (χ1n) is 8.88. The first-order chi connectivity index (χ1) is 13.3. The van der Waals surface area contributed by atoms with Crippen molar-refractivity contribution in [3.05, 3.63) is 65.5 Å². The van der Waals surface area contributed by atoms with Gasteiger partial charge < -0.3 is 15.4 Å². The van der Waals surface area contributed by atoms with E-state index in [1.807, 2.05) is 0 Å². The normalized spacial score (nSPS) is 12.6. The molecule has 0 bridgehead atoms. The molecule has 0 saturated carbocycles. The first-order valence-corrected chi connectivity index (χ1v) is 8.88. The largest absolute Gasteiger partial charge is 0.452 e. The third-order valence-corrected chi connectivity index (χ3v) is 4.00. The summed E-state index contributed by atoms with van der Waals surface area (Å²) in [5.41, 5.74) is 1.23. The number of carbonyl (C=O) groups excluding carboxylic acids is 3. The number of nitrogens with one attached hydrogen (secondary N) is 2. The van der Waals surface area contributed by atoms with Crippen molar-refractivity contribution in [2.24, 2.45) is 0 Å². The number of ether oxygens (including phenoxy) is 1. The van der Waals surface area contributed by atoms with Gasteiger partial charge in [0.2, 0.25) is 0 Å². The van der Waals surface area contributed by atoms with E-state index in [-0.39, 0.29) is 18.0 Å². The van der Waals surface area contributed by atoms with Gasteiger partial charge in [0.15, 0.2) is 6.10 Å². The first kappa shape index (κ1) is 21.1. The van der Waals surface area contributed by atoms with Crippen molar-refractivity contribution in [3.63, 3.8) is 0 Å². The highest BCUT2D eigenvalue weighted by Crippen LogP contribution is 2.14. The van der Waals surface area contributed by atoms with Crippen molar-refractivity contribution >= 4 is 23.5 Å². The number of carbonyl (C=O) groups is 3. The molecule has 2 unspecified atom stereocenters. The minimum atomic E-state index is -1.06. The van der Waals surface area contributed by atoms with Crippen LogP contribution in [0.25, 0.3) is 0 Å². The summed E-state index contributed by atoms with van der Waals surface area (Å²) >= 11 is 0. The molecule has 2 atom stereocenters. The molecule has 0 heterocycles. The van der Waals surface area contributed by atoms with Gasteiger partial charge in [-0.1, -0.05) is 24.3 Å². The van der Waals surface area contributed by atoms with Gasteiger partial charge in [-0.2, -0.15) is 0 Å². The fourth-order valence-corrected chi connectivity index (χ4v) is 2.41. The smallest absolute Gasteiger partial charge is 0.308 e. The highest BCUT2D eigenvalue weighted by atomic mass is 19.1. The highest BCUT2D eigenvalue weighted by Gasteiger charge is 2.20. The summed E-state index contributed by atoms with van der Waals surface area (Å²) in [6.07, 6.45) is -1.15. The lowest BCUT2D eigenvalue weighted by atomic mass is 10.2. The van der Waals surface area contributed by atoms with Crippen molar-refractivity contribution in [3.8, 4) is 0 Å². The SMILES string of the molecule is Cc1ccc(NC(=O)C(C)OC(=O)CC(C)NC(=O)c2ccccc2)cc1F. The molecule has 148 valence electrons. The summed E-state index contributed by atoms with van der Waals surface area (Å²) in [6, 6.07) is 12.5. The van der Waals surface area contributed by atoms with Crippen LogP contribution in [0.4, 0.5) is 10.1 Å². The molecule has 6 nitrogen and oxygen atoms in total. The standard InChI is InChI=1S/C21H23FN2O4/c1-13-9-10-17(12-18(13)22)24-20(26)15(3)28-19(25)11-14(2)23-21(27)16-7-5-4-6-8-16/h4-10,12,14-15H,11H2,1-3H3,(H,23,27)(H,24,26). The van der Waals surface area contributed by atoms with Gasteiger partial charge in [0.05, 0.1) is 6.42 Å². The molecule has 0 spiro atoms. The Morgan fingerprint density at radius 3 is 2.39 bits per heavy atom. The molecule has 0 aliphatic carbocycles. The number of amides is 2. The van der Waals surface area contributed by atoms with Crippen molar-refractivity contribution in [2.75, 3.05) is 5.32 Å². The van der Waals surface area contributed by atoms with E-state index in [0.29, 0.717) is 11.1 Å². The van der Waals surface area contributed by atoms with E-state index in [4.69, 9.17) is 4.74 Å². The lowest BCUT2D eigenvalue weighted by molar-refractivity contribution is -0.153. The zero-order chi connectivity index (χ0) is 20.7. The number of halogens is 1. The van der Waals surface area contributed by atoms with Crippen LogP contribution in [0.15, 0.2) is 48.5 Å². The van der Waals surface area contributed by atoms with E-state index in [1.165, 1.54) is 13.0 Å². The van der Waals surface area contributed by atoms with Crippen LogP contribution in [-0.4, -0.2) is 29.9 Å². The second-order valence-electron chi connectivity index (χ2n) is 6.53. The number of benzene rings is 2. The topological polar surface area (TPSA) is 84.5 Å². The number of anilines is 1. The Hall–Kier alpha value is -3.22.